The molecule has 0 radical (unpaired) electrons. The molecule has 0 aromatic rings. The molecule has 0 fully saturated rings. The summed E-state index contributed by atoms with van der Waals surface area (Å²) in [6, 6.07) is 0. The number of hydrogen-bond donors (Lipinski definition) is 2. The molecule has 4 heteroatoms. The Balaban J connectivity index is 3.60. The molecule has 0 bridgehead atoms. The summed E-state index contributed by atoms with van der Waals surface area (Å²) in [5.41, 5.74) is -0.314. The molecule has 0 saturated heterocycles. The van der Waals surface area contributed by atoms with E-state index in [-0.39, 0.29) is 5.54 Å². The van der Waals surface area contributed by atoms with Crippen LogP contribution in [0.3, 0.4) is 0 Å². The predicted octanol–water partition coefficient (Wildman–Crippen LogP) is 1.16. The van der Waals surface area contributed by atoms with E-state index in [1.807, 2.05) is 13.8 Å². The zero-order valence-corrected chi connectivity index (χ0v) is 10.4. The number of hydrogen-bond acceptors (Lipinski definition) is 1. The number of halogens is 2. The smallest absolute Gasteiger partial charge is 0.102 e. The van der Waals surface area contributed by atoms with Crippen LogP contribution >= 0.6 is 11.8 Å². The molecule has 2 nitrogen and oxygen atoms in total. The fraction of sp³-hybridized carbons (Fsp3) is 1.00. The Morgan fingerprint density at radius 2 is 2.00 bits per heavy atom. The van der Waals surface area contributed by atoms with Crippen LogP contribution in [0, 0.1) is 0 Å². The maximum atomic E-state index is 13.4. The van der Waals surface area contributed by atoms with Crippen LogP contribution in [0.25, 0.3) is 0 Å². The summed E-state index contributed by atoms with van der Waals surface area (Å²) in [7, 11) is 4.16. The molecule has 1 atom stereocenters. The van der Waals surface area contributed by atoms with Gasteiger partial charge in [0.05, 0.1) is 20.6 Å². The largest absolute Gasteiger partial charge is 0.340 e. The first-order chi connectivity index (χ1) is 6.37. The lowest BCUT2D eigenvalue weighted by Gasteiger charge is -2.24. The van der Waals surface area contributed by atoms with Crippen molar-refractivity contribution in [3.05, 3.63) is 0 Å². The van der Waals surface area contributed by atoms with Crippen molar-refractivity contribution in [3.8, 4) is 0 Å². The first kappa shape index (κ1) is 14.1. The molecule has 0 saturated carbocycles. The lowest BCUT2D eigenvalue weighted by molar-refractivity contribution is -0.858. The van der Waals surface area contributed by atoms with Crippen LogP contribution in [0.4, 0.5) is 4.39 Å². The monoisotopic (exact) mass is 225 g/mol. The second kappa shape index (κ2) is 6.59. The molecular weight excluding hydrogens is 203 g/mol. The van der Waals surface area contributed by atoms with Gasteiger partial charge in [0.25, 0.3) is 0 Å². The van der Waals surface area contributed by atoms with Crippen molar-refractivity contribution in [2.75, 3.05) is 20.6 Å². The summed E-state index contributed by atoms with van der Waals surface area (Å²) >= 11 is 5.50. The molecule has 0 aliphatic rings. The number of rotatable bonds is 7. The van der Waals surface area contributed by atoms with E-state index in [1.54, 1.807) is 0 Å². The third kappa shape index (κ3) is 7.54. The molecule has 0 heterocycles. The summed E-state index contributed by atoms with van der Waals surface area (Å²) in [4.78, 5) is 3.97. The van der Waals surface area contributed by atoms with E-state index in [1.165, 1.54) is 4.90 Å². The van der Waals surface area contributed by atoms with Crippen molar-refractivity contribution in [1.29, 1.82) is 0 Å². The third-order valence-electron chi connectivity index (χ3n) is 2.18. The van der Waals surface area contributed by atoms with Crippen molar-refractivity contribution in [1.82, 2.24) is 4.84 Å². The number of alkyl halides is 1. The van der Waals surface area contributed by atoms with Gasteiger partial charge < -0.3 is 4.90 Å². The molecule has 0 aromatic heterocycles. The van der Waals surface area contributed by atoms with E-state index >= 15 is 0 Å². The molecule has 0 spiro atoms. The summed E-state index contributed by atoms with van der Waals surface area (Å²) in [6.07, 6.45) is 1.28. The first-order valence-corrected chi connectivity index (χ1v) is 5.56. The van der Waals surface area contributed by atoms with Crippen molar-refractivity contribution in [2.45, 2.75) is 44.8 Å². The Labute approximate surface area is 91.9 Å². The SMILES string of the molecule is C[NH+](C)CCCC(F)CC(C)(C)NCl. The minimum absolute atomic E-state index is 0.314. The van der Waals surface area contributed by atoms with E-state index in [2.05, 4.69) is 18.9 Å². The molecule has 0 aliphatic carbocycles. The Morgan fingerprint density at radius 1 is 1.43 bits per heavy atom. The molecule has 0 aromatic carbocycles. The summed E-state index contributed by atoms with van der Waals surface area (Å²) in [5.74, 6) is 0. The molecule has 86 valence electrons. The van der Waals surface area contributed by atoms with Crippen LogP contribution in [-0.4, -0.2) is 32.4 Å². The van der Waals surface area contributed by atoms with Crippen LogP contribution < -0.4 is 9.74 Å². The van der Waals surface area contributed by atoms with Crippen LogP contribution in [0.1, 0.15) is 33.1 Å². The van der Waals surface area contributed by atoms with Gasteiger partial charge in [-0.3, -0.25) is 0 Å². The Morgan fingerprint density at radius 3 is 2.43 bits per heavy atom. The van der Waals surface area contributed by atoms with Gasteiger partial charge in [0.2, 0.25) is 0 Å². The fourth-order valence-electron chi connectivity index (χ4n) is 1.37. The van der Waals surface area contributed by atoms with E-state index in [0.29, 0.717) is 12.8 Å². The van der Waals surface area contributed by atoms with Gasteiger partial charge >= 0.3 is 0 Å². The Bertz CT molecular complexity index is 151. The second-order valence-corrected chi connectivity index (χ2v) is 5.07. The summed E-state index contributed by atoms with van der Waals surface area (Å²) < 4.78 is 13.4. The standard InChI is InChI=1S/C10H22ClFN2/c1-10(2,13-11)8-9(12)6-5-7-14(3)4/h9,13H,5-8H2,1-4H3/p+1. The van der Waals surface area contributed by atoms with Crippen LogP contribution in [-0.2, 0) is 0 Å². The van der Waals surface area contributed by atoms with Crippen molar-refractivity contribution < 1.29 is 9.29 Å². The maximum absolute atomic E-state index is 13.4. The maximum Gasteiger partial charge on any atom is 0.102 e. The average molecular weight is 226 g/mol. The van der Waals surface area contributed by atoms with E-state index < -0.39 is 6.17 Å². The first-order valence-electron chi connectivity index (χ1n) is 5.18. The van der Waals surface area contributed by atoms with E-state index in [0.717, 1.165) is 13.0 Å². The van der Waals surface area contributed by atoms with Crippen molar-refractivity contribution in [2.24, 2.45) is 0 Å². The van der Waals surface area contributed by atoms with Crippen LogP contribution in [0.2, 0.25) is 0 Å². The van der Waals surface area contributed by atoms with Crippen molar-refractivity contribution in [3.63, 3.8) is 0 Å². The average Bonchev–Trinajstić information content (AvgIpc) is 2.02. The van der Waals surface area contributed by atoms with Gasteiger partial charge in [-0.2, -0.15) is 0 Å². The van der Waals surface area contributed by atoms with Gasteiger partial charge in [-0.05, 0) is 44.9 Å². The predicted molar refractivity (Wildman–Crippen MR) is 59.5 cm³/mol. The molecular formula is C10H23ClFN2+. The molecule has 0 aliphatic heterocycles. The van der Waals surface area contributed by atoms with Gasteiger partial charge in [-0.1, -0.05) is 0 Å². The minimum atomic E-state index is -0.754. The lowest BCUT2D eigenvalue weighted by atomic mass is 9.96. The topological polar surface area (TPSA) is 16.5 Å². The number of nitrogens with one attached hydrogen (secondary N) is 2. The normalized spacial score (nSPS) is 14.8. The second-order valence-electron chi connectivity index (χ2n) is 4.88. The Kier molecular flexibility index (Phi) is 6.66. The third-order valence-corrected chi connectivity index (χ3v) is 2.69. The van der Waals surface area contributed by atoms with Gasteiger partial charge in [0.15, 0.2) is 0 Å². The number of quaternary nitrogens is 1. The molecule has 0 rings (SSSR count). The molecule has 0 amide bonds. The van der Waals surface area contributed by atoms with Gasteiger partial charge in [-0.25, -0.2) is 9.23 Å². The summed E-state index contributed by atoms with van der Waals surface area (Å²) in [5, 5.41) is 0. The highest BCUT2D eigenvalue weighted by Gasteiger charge is 2.21. The van der Waals surface area contributed by atoms with Gasteiger partial charge in [0.1, 0.15) is 6.17 Å². The van der Waals surface area contributed by atoms with Crippen LogP contribution in [0.15, 0.2) is 0 Å². The summed E-state index contributed by atoms with van der Waals surface area (Å²) in [6.45, 7) is 4.84. The zero-order chi connectivity index (χ0) is 11.2. The fourth-order valence-corrected chi connectivity index (χ4v) is 1.45. The highest BCUT2D eigenvalue weighted by atomic mass is 35.5. The van der Waals surface area contributed by atoms with E-state index in [9.17, 15) is 4.39 Å². The van der Waals surface area contributed by atoms with Crippen molar-refractivity contribution >= 4 is 11.8 Å². The van der Waals surface area contributed by atoms with Gasteiger partial charge in [0, 0.05) is 5.54 Å². The zero-order valence-electron chi connectivity index (χ0n) is 9.66. The van der Waals surface area contributed by atoms with Gasteiger partial charge in [-0.15, -0.1) is 0 Å². The highest BCUT2D eigenvalue weighted by molar-refractivity contribution is 6.13. The molecule has 2 N–H and O–H groups in total. The Hall–Kier alpha value is 0.140. The highest BCUT2D eigenvalue weighted by Crippen LogP contribution is 2.17. The molecule has 14 heavy (non-hydrogen) atoms. The van der Waals surface area contributed by atoms with E-state index in [4.69, 9.17) is 11.8 Å². The van der Waals surface area contributed by atoms with Crippen LogP contribution in [0.5, 0.6) is 0 Å². The lowest BCUT2D eigenvalue weighted by Crippen LogP contribution is -3.05. The molecule has 1 unspecified atom stereocenters. The quantitative estimate of drug-likeness (QED) is 0.622. The minimum Gasteiger partial charge on any atom is -0.340 e.